The Hall–Kier alpha value is -2.27. The number of nitrogens with one attached hydrogen (secondary N) is 1. The van der Waals surface area contributed by atoms with Crippen molar-refractivity contribution in [3.05, 3.63) is 29.3 Å². The van der Waals surface area contributed by atoms with E-state index >= 15 is 0 Å². The molecular formula is C24H34BF3N2O5. The van der Waals surface area contributed by atoms with Crippen molar-refractivity contribution in [2.45, 2.75) is 90.3 Å². The molecule has 0 bridgehead atoms. The Morgan fingerprint density at radius 1 is 1.06 bits per heavy atom. The standard InChI is InChI=1S/C24H34BF3N2O5/c1-21(2,3)33-20(32)30-12-10-16(11-13-30)29-19(31)15-8-9-18(17(14-15)24(26,27)28)25-34-22(4,5)23(6,7)35-25/h8-9,14,16H,10-13H2,1-7H3,(H,29,31). The number of carbonyl (C=O) groups is 2. The Labute approximate surface area is 204 Å². The van der Waals surface area contributed by atoms with Crippen LogP contribution in [-0.2, 0) is 20.2 Å². The maximum absolute atomic E-state index is 13.9. The smallest absolute Gasteiger partial charge is 0.444 e. The molecule has 194 valence electrons. The van der Waals surface area contributed by atoms with Gasteiger partial charge < -0.3 is 24.3 Å². The van der Waals surface area contributed by atoms with E-state index in [9.17, 15) is 22.8 Å². The average Bonchev–Trinajstić information content (AvgIpc) is 2.93. The zero-order valence-corrected chi connectivity index (χ0v) is 21.3. The summed E-state index contributed by atoms with van der Waals surface area (Å²) in [5, 5.41) is 2.79. The molecule has 2 heterocycles. The van der Waals surface area contributed by atoms with Crippen molar-refractivity contribution >= 4 is 24.6 Å². The van der Waals surface area contributed by atoms with E-state index in [1.807, 2.05) is 0 Å². The minimum Gasteiger partial charge on any atom is -0.444 e. The number of piperidine rings is 1. The normalized spacial score (nSPS) is 20.6. The molecule has 1 aromatic carbocycles. The zero-order valence-electron chi connectivity index (χ0n) is 21.3. The third-order valence-electron chi connectivity index (χ3n) is 6.61. The molecule has 1 aromatic rings. The summed E-state index contributed by atoms with van der Waals surface area (Å²) in [6.45, 7) is 13.2. The predicted octanol–water partition coefficient (Wildman–Crippen LogP) is 4.13. The van der Waals surface area contributed by atoms with Gasteiger partial charge in [0.1, 0.15) is 5.60 Å². The maximum Gasteiger partial charge on any atom is 0.495 e. The SMILES string of the molecule is CC(C)(C)OC(=O)N1CCC(NC(=O)c2ccc(B3OC(C)(C)C(C)(C)O3)c(C(F)(F)F)c2)CC1. The number of rotatable bonds is 3. The van der Waals surface area contributed by atoms with Gasteiger partial charge in [-0.1, -0.05) is 6.07 Å². The zero-order chi connectivity index (χ0) is 26.4. The topological polar surface area (TPSA) is 77.1 Å². The summed E-state index contributed by atoms with van der Waals surface area (Å²) in [5.41, 5.74) is -3.45. The number of carbonyl (C=O) groups excluding carboxylic acids is 2. The number of amides is 2. The molecule has 1 N–H and O–H groups in total. The molecule has 2 fully saturated rings. The van der Waals surface area contributed by atoms with Gasteiger partial charge >= 0.3 is 19.4 Å². The van der Waals surface area contributed by atoms with Crippen LogP contribution in [0.5, 0.6) is 0 Å². The van der Waals surface area contributed by atoms with E-state index in [4.69, 9.17) is 14.0 Å². The third kappa shape index (κ3) is 6.30. The number of likely N-dealkylation sites (tertiary alicyclic amines) is 1. The highest BCUT2D eigenvalue weighted by molar-refractivity contribution is 6.62. The van der Waals surface area contributed by atoms with E-state index in [1.165, 1.54) is 12.1 Å². The molecule has 0 saturated carbocycles. The summed E-state index contributed by atoms with van der Waals surface area (Å²) in [5.74, 6) is -0.605. The van der Waals surface area contributed by atoms with Crippen LogP contribution in [0, 0.1) is 0 Å². The largest absolute Gasteiger partial charge is 0.495 e. The van der Waals surface area contributed by atoms with E-state index in [2.05, 4.69) is 5.32 Å². The lowest BCUT2D eigenvalue weighted by atomic mass is 9.75. The first-order valence-corrected chi connectivity index (χ1v) is 11.8. The van der Waals surface area contributed by atoms with Gasteiger partial charge in [0, 0.05) is 24.7 Å². The Morgan fingerprint density at radius 2 is 1.60 bits per heavy atom. The van der Waals surface area contributed by atoms with Gasteiger partial charge in [-0.15, -0.1) is 0 Å². The summed E-state index contributed by atoms with van der Waals surface area (Å²) < 4.78 is 58.8. The van der Waals surface area contributed by atoms with Crippen LogP contribution in [0.1, 0.15) is 77.2 Å². The van der Waals surface area contributed by atoms with E-state index in [0.29, 0.717) is 25.9 Å². The third-order valence-corrected chi connectivity index (χ3v) is 6.61. The van der Waals surface area contributed by atoms with Crippen LogP contribution in [0.15, 0.2) is 18.2 Å². The second-order valence-electron chi connectivity index (χ2n) is 11.1. The number of hydrogen-bond donors (Lipinski definition) is 1. The second kappa shape index (κ2) is 9.31. The van der Waals surface area contributed by atoms with E-state index in [1.54, 1.807) is 53.4 Å². The molecule has 0 radical (unpaired) electrons. The molecule has 2 saturated heterocycles. The number of hydrogen-bond acceptors (Lipinski definition) is 5. The van der Waals surface area contributed by atoms with Crippen molar-refractivity contribution < 1.29 is 36.8 Å². The van der Waals surface area contributed by atoms with Crippen LogP contribution >= 0.6 is 0 Å². The first-order chi connectivity index (χ1) is 15.9. The van der Waals surface area contributed by atoms with Crippen LogP contribution in [-0.4, -0.2) is 60.0 Å². The van der Waals surface area contributed by atoms with Crippen LogP contribution in [0.4, 0.5) is 18.0 Å². The van der Waals surface area contributed by atoms with E-state index in [-0.39, 0.29) is 17.1 Å². The van der Waals surface area contributed by atoms with Crippen LogP contribution in [0.3, 0.4) is 0 Å². The highest BCUT2D eigenvalue weighted by Crippen LogP contribution is 2.38. The fourth-order valence-corrected chi connectivity index (χ4v) is 3.92. The molecule has 0 unspecified atom stereocenters. The molecule has 0 spiro atoms. The van der Waals surface area contributed by atoms with Crippen molar-refractivity contribution in [2.24, 2.45) is 0 Å². The summed E-state index contributed by atoms with van der Waals surface area (Å²) in [7, 11) is -1.20. The van der Waals surface area contributed by atoms with Gasteiger partial charge in [-0.3, -0.25) is 4.79 Å². The molecular weight excluding hydrogens is 464 g/mol. The Balaban J connectivity index is 1.70. The molecule has 0 aliphatic carbocycles. The number of alkyl halides is 3. The molecule has 2 aliphatic rings. The van der Waals surface area contributed by atoms with Crippen molar-refractivity contribution in [3.8, 4) is 0 Å². The molecule has 2 amide bonds. The maximum atomic E-state index is 13.9. The average molecular weight is 498 g/mol. The van der Waals surface area contributed by atoms with Gasteiger partial charge in [-0.2, -0.15) is 13.2 Å². The van der Waals surface area contributed by atoms with Crippen LogP contribution in [0.2, 0.25) is 0 Å². The Kier molecular flexibility index (Phi) is 7.27. The fraction of sp³-hybridized carbons (Fsp3) is 0.667. The molecule has 7 nitrogen and oxygen atoms in total. The van der Waals surface area contributed by atoms with Gasteiger partial charge in [-0.05, 0) is 78.9 Å². The molecule has 0 aromatic heterocycles. The van der Waals surface area contributed by atoms with Crippen molar-refractivity contribution in [2.75, 3.05) is 13.1 Å². The molecule has 3 rings (SSSR count). The lowest BCUT2D eigenvalue weighted by molar-refractivity contribution is -0.136. The van der Waals surface area contributed by atoms with E-state index in [0.717, 1.165) is 6.07 Å². The number of nitrogens with zero attached hydrogens (tertiary/aromatic N) is 1. The molecule has 0 atom stereocenters. The monoisotopic (exact) mass is 498 g/mol. The number of ether oxygens (including phenoxy) is 1. The van der Waals surface area contributed by atoms with Gasteiger partial charge in [-0.25, -0.2) is 4.79 Å². The van der Waals surface area contributed by atoms with E-state index < -0.39 is 47.7 Å². The highest BCUT2D eigenvalue weighted by Gasteiger charge is 2.53. The first kappa shape index (κ1) is 27.3. The number of halogens is 3. The van der Waals surface area contributed by atoms with Crippen molar-refractivity contribution in [3.63, 3.8) is 0 Å². The lowest BCUT2D eigenvalue weighted by Crippen LogP contribution is -2.48. The number of benzene rings is 1. The fourth-order valence-electron chi connectivity index (χ4n) is 3.92. The molecule has 2 aliphatic heterocycles. The summed E-state index contributed by atoms with van der Waals surface area (Å²) in [6, 6.07) is 3.16. The van der Waals surface area contributed by atoms with Crippen molar-refractivity contribution in [1.29, 1.82) is 0 Å². The Bertz CT molecular complexity index is 951. The minimum atomic E-state index is -4.70. The summed E-state index contributed by atoms with van der Waals surface area (Å²) >= 11 is 0. The minimum absolute atomic E-state index is 0.104. The van der Waals surface area contributed by atoms with Crippen molar-refractivity contribution in [1.82, 2.24) is 10.2 Å². The van der Waals surface area contributed by atoms with Gasteiger partial charge in [0.05, 0.1) is 16.8 Å². The van der Waals surface area contributed by atoms with Gasteiger partial charge in [0.15, 0.2) is 0 Å². The van der Waals surface area contributed by atoms with Crippen LogP contribution < -0.4 is 10.8 Å². The summed E-state index contributed by atoms with van der Waals surface area (Å²) in [6.07, 6.45) is -4.17. The molecule has 11 heteroatoms. The Morgan fingerprint density at radius 3 is 2.09 bits per heavy atom. The lowest BCUT2D eigenvalue weighted by Gasteiger charge is -2.33. The first-order valence-electron chi connectivity index (χ1n) is 11.8. The summed E-state index contributed by atoms with van der Waals surface area (Å²) in [4.78, 5) is 26.6. The van der Waals surface area contributed by atoms with Gasteiger partial charge in [0.2, 0.25) is 0 Å². The second-order valence-corrected chi connectivity index (χ2v) is 11.1. The molecule has 35 heavy (non-hydrogen) atoms. The predicted molar refractivity (Wildman–Crippen MR) is 125 cm³/mol. The quantitative estimate of drug-likeness (QED) is 0.635. The highest BCUT2D eigenvalue weighted by atomic mass is 19.4. The van der Waals surface area contributed by atoms with Crippen LogP contribution in [0.25, 0.3) is 0 Å². The van der Waals surface area contributed by atoms with Gasteiger partial charge in [0.25, 0.3) is 5.91 Å².